The van der Waals surface area contributed by atoms with E-state index >= 15 is 0 Å². The Bertz CT molecular complexity index is 145. The van der Waals surface area contributed by atoms with Gasteiger partial charge in [0, 0.05) is 0 Å². The van der Waals surface area contributed by atoms with Crippen molar-refractivity contribution >= 4 is 0 Å². The predicted octanol–water partition coefficient (Wildman–Crippen LogP) is 1.28. The smallest absolute Gasteiger partial charge is 0.0739 e. The first-order chi connectivity index (χ1) is 4.93. The van der Waals surface area contributed by atoms with Gasteiger partial charge in [0.15, 0.2) is 0 Å². The molecule has 0 aliphatic heterocycles. The molecule has 0 unspecified atom stereocenters. The third-order valence-electron chi connectivity index (χ3n) is 1.81. The van der Waals surface area contributed by atoms with Crippen molar-refractivity contribution in [1.82, 2.24) is 0 Å². The van der Waals surface area contributed by atoms with Gasteiger partial charge in [-0.05, 0) is 25.7 Å². The zero-order valence-electron chi connectivity index (χ0n) is 6.47. The summed E-state index contributed by atoms with van der Waals surface area (Å²) >= 11 is 0. The molecule has 0 saturated carbocycles. The summed E-state index contributed by atoms with van der Waals surface area (Å²) in [6, 6.07) is 0. The van der Waals surface area contributed by atoms with Gasteiger partial charge in [0.25, 0.3) is 0 Å². The molecule has 1 nitrogen and oxygen atoms in total. The van der Waals surface area contributed by atoms with Crippen LogP contribution < -0.4 is 5.73 Å². The normalized spacial score (nSPS) is 15.9. The second-order valence-corrected chi connectivity index (χ2v) is 2.73. The van der Waals surface area contributed by atoms with E-state index in [9.17, 15) is 0 Å². The van der Waals surface area contributed by atoms with Crippen LogP contribution in [0.5, 0.6) is 0 Å². The molecule has 0 aromatic carbocycles. The molecule has 0 aromatic rings. The lowest BCUT2D eigenvalue weighted by molar-refractivity contribution is -0.368. The Morgan fingerprint density at radius 1 is 1.40 bits per heavy atom. The Morgan fingerprint density at radius 3 is 2.90 bits per heavy atom. The fourth-order valence-corrected chi connectivity index (χ4v) is 1.20. The lowest BCUT2D eigenvalue weighted by Crippen LogP contribution is -2.50. The highest BCUT2D eigenvalue weighted by Gasteiger charge is 1.96. The molecule has 1 aliphatic rings. The van der Waals surface area contributed by atoms with Gasteiger partial charge in [-0.25, -0.2) is 0 Å². The molecule has 1 aliphatic carbocycles. The summed E-state index contributed by atoms with van der Waals surface area (Å²) < 4.78 is 0. The standard InChI is InChI=1S/C9H15N/c10-8-4-3-7-9-5-1-2-6-9/h1,5-6H,2-4,7-8,10H2/p+1. The fraction of sp³-hybridized carbons (Fsp3) is 0.556. The van der Waals surface area contributed by atoms with Gasteiger partial charge in [-0.2, -0.15) is 0 Å². The maximum absolute atomic E-state index is 3.81. The average molecular weight is 138 g/mol. The number of unbranched alkanes of at least 4 members (excludes halogenated alkanes) is 1. The molecule has 1 rings (SSSR count). The van der Waals surface area contributed by atoms with Crippen molar-refractivity contribution in [3.05, 3.63) is 23.8 Å². The summed E-state index contributed by atoms with van der Waals surface area (Å²) in [5.74, 6) is 0. The SMILES string of the molecule is [NH3+]CCCCC1=CCC=C1. The van der Waals surface area contributed by atoms with Crippen LogP contribution in [0.15, 0.2) is 23.8 Å². The van der Waals surface area contributed by atoms with Crippen LogP contribution in [-0.2, 0) is 0 Å². The van der Waals surface area contributed by atoms with Gasteiger partial charge in [-0.15, -0.1) is 0 Å². The first kappa shape index (κ1) is 7.55. The topological polar surface area (TPSA) is 27.6 Å². The highest BCUT2D eigenvalue weighted by Crippen LogP contribution is 2.14. The predicted molar refractivity (Wildman–Crippen MR) is 43.4 cm³/mol. The number of rotatable bonds is 4. The van der Waals surface area contributed by atoms with Crippen LogP contribution in [0.4, 0.5) is 0 Å². The maximum atomic E-state index is 3.81. The van der Waals surface area contributed by atoms with Crippen LogP contribution in [0.1, 0.15) is 25.7 Å². The van der Waals surface area contributed by atoms with Gasteiger partial charge < -0.3 is 5.73 Å². The Hall–Kier alpha value is -0.560. The zero-order valence-corrected chi connectivity index (χ0v) is 6.47. The monoisotopic (exact) mass is 138 g/mol. The number of hydrogen-bond acceptors (Lipinski definition) is 0. The Balaban J connectivity index is 2.08. The van der Waals surface area contributed by atoms with E-state index in [0.29, 0.717) is 0 Å². The van der Waals surface area contributed by atoms with Crippen LogP contribution in [0.25, 0.3) is 0 Å². The lowest BCUT2D eigenvalue weighted by atomic mass is 10.1. The number of hydrogen-bond donors (Lipinski definition) is 1. The molecule has 0 heterocycles. The average Bonchev–Trinajstić information content (AvgIpc) is 2.41. The van der Waals surface area contributed by atoms with Crippen molar-refractivity contribution in [2.75, 3.05) is 6.54 Å². The van der Waals surface area contributed by atoms with E-state index in [2.05, 4.69) is 24.0 Å². The summed E-state index contributed by atoms with van der Waals surface area (Å²) in [6.45, 7) is 1.08. The molecule has 0 radical (unpaired) electrons. The summed E-state index contributed by atoms with van der Waals surface area (Å²) in [7, 11) is 0. The molecule has 10 heavy (non-hydrogen) atoms. The summed E-state index contributed by atoms with van der Waals surface area (Å²) in [5.41, 5.74) is 5.33. The lowest BCUT2D eigenvalue weighted by Gasteiger charge is -1.95. The summed E-state index contributed by atoms with van der Waals surface area (Å²) in [6.07, 6.45) is 11.8. The van der Waals surface area contributed by atoms with Crippen LogP contribution in [0.2, 0.25) is 0 Å². The number of allylic oxidation sites excluding steroid dienone is 4. The second kappa shape index (κ2) is 4.29. The molecule has 0 spiro atoms. The van der Waals surface area contributed by atoms with Gasteiger partial charge in [-0.3, -0.25) is 0 Å². The molecule has 3 N–H and O–H groups in total. The third kappa shape index (κ3) is 2.36. The quantitative estimate of drug-likeness (QED) is 0.567. The minimum atomic E-state index is 1.08. The summed E-state index contributed by atoms with van der Waals surface area (Å²) in [4.78, 5) is 0. The van der Waals surface area contributed by atoms with Gasteiger partial charge in [0.2, 0.25) is 0 Å². The summed E-state index contributed by atoms with van der Waals surface area (Å²) in [5, 5.41) is 0. The van der Waals surface area contributed by atoms with Crippen molar-refractivity contribution in [2.45, 2.75) is 25.7 Å². The molecule has 0 amide bonds. The Kier molecular flexibility index (Phi) is 3.23. The molecule has 56 valence electrons. The van der Waals surface area contributed by atoms with Gasteiger partial charge >= 0.3 is 0 Å². The molecule has 0 saturated heterocycles. The first-order valence-electron chi connectivity index (χ1n) is 4.08. The molecule has 0 bridgehead atoms. The van der Waals surface area contributed by atoms with Crippen LogP contribution >= 0.6 is 0 Å². The van der Waals surface area contributed by atoms with Crippen LogP contribution in [0, 0.1) is 0 Å². The van der Waals surface area contributed by atoms with E-state index < -0.39 is 0 Å². The largest absolute Gasteiger partial charge is 0.358 e. The van der Waals surface area contributed by atoms with E-state index in [1.165, 1.54) is 24.8 Å². The molecule has 0 atom stereocenters. The highest BCUT2D eigenvalue weighted by molar-refractivity contribution is 5.25. The molecule has 0 fully saturated rings. The minimum Gasteiger partial charge on any atom is -0.358 e. The van der Waals surface area contributed by atoms with Crippen molar-refractivity contribution in [1.29, 1.82) is 0 Å². The Labute approximate surface area is 62.6 Å². The molecular formula is C9H16N+. The Morgan fingerprint density at radius 2 is 2.30 bits per heavy atom. The van der Waals surface area contributed by atoms with E-state index in [1.807, 2.05) is 0 Å². The third-order valence-corrected chi connectivity index (χ3v) is 1.81. The van der Waals surface area contributed by atoms with Crippen molar-refractivity contribution < 1.29 is 5.73 Å². The molecule has 0 aromatic heterocycles. The second-order valence-electron chi connectivity index (χ2n) is 2.73. The minimum absolute atomic E-state index is 1.08. The van der Waals surface area contributed by atoms with Gasteiger partial charge in [-0.1, -0.05) is 23.8 Å². The fourth-order valence-electron chi connectivity index (χ4n) is 1.20. The van der Waals surface area contributed by atoms with E-state index in [0.717, 1.165) is 13.0 Å². The van der Waals surface area contributed by atoms with E-state index in [-0.39, 0.29) is 0 Å². The van der Waals surface area contributed by atoms with E-state index in [4.69, 9.17) is 0 Å². The van der Waals surface area contributed by atoms with Crippen molar-refractivity contribution in [2.24, 2.45) is 0 Å². The van der Waals surface area contributed by atoms with Crippen molar-refractivity contribution in [3.63, 3.8) is 0 Å². The van der Waals surface area contributed by atoms with E-state index in [1.54, 1.807) is 0 Å². The van der Waals surface area contributed by atoms with Crippen molar-refractivity contribution in [3.8, 4) is 0 Å². The number of quaternary nitrogens is 1. The van der Waals surface area contributed by atoms with Crippen LogP contribution in [0.3, 0.4) is 0 Å². The molecular weight excluding hydrogens is 122 g/mol. The maximum Gasteiger partial charge on any atom is 0.0739 e. The highest BCUT2D eigenvalue weighted by atomic mass is 14.5. The zero-order chi connectivity index (χ0) is 7.23. The molecule has 1 heteroatoms. The van der Waals surface area contributed by atoms with Gasteiger partial charge in [0.1, 0.15) is 0 Å². The first-order valence-corrected chi connectivity index (χ1v) is 4.08. The van der Waals surface area contributed by atoms with Gasteiger partial charge in [0.05, 0.1) is 6.54 Å². The van der Waals surface area contributed by atoms with Crippen LogP contribution in [-0.4, -0.2) is 6.54 Å².